The van der Waals surface area contributed by atoms with E-state index in [0.717, 1.165) is 29.6 Å². The number of aromatic amines is 1. The van der Waals surface area contributed by atoms with E-state index in [0.29, 0.717) is 18.4 Å². The van der Waals surface area contributed by atoms with Crippen LogP contribution in [0.4, 0.5) is 4.39 Å². The molecule has 0 unspecified atom stereocenters. The van der Waals surface area contributed by atoms with Gasteiger partial charge in [0.25, 0.3) is 0 Å². The number of amides is 1. The maximum atomic E-state index is 14.2. The van der Waals surface area contributed by atoms with Crippen molar-refractivity contribution in [2.45, 2.75) is 53.5 Å². The Kier molecular flexibility index (Phi) is 5.35. The molecule has 0 spiro atoms. The van der Waals surface area contributed by atoms with Crippen LogP contribution in [0.2, 0.25) is 5.02 Å². The van der Waals surface area contributed by atoms with Crippen molar-refractivity contribution in [2.75, 3.05) is 0 Å². The number of carbonyl (C=O) groups is 1. The Morgan fingerprint density at radius 2 is 2.04 bits per heavy atom. The summed E-state index contributed by atoms with van der Waals surface area (Å²) in [5, 5.41) is 3.56. The molecule has 1 aliphatic carbocycles. The molecule has 3 nitrogen and oxygen atoms in total. The summed E-state index contributed by atoms with van der Waals surface area (Å²) in [5.41, 5.74) is 2.08. The van der Waals surface area contributed by atoms with Crippen molar-refractivity contribution in [2.24, 2.45) is 5.41 Å². The Labute approximate surface area is 141 Å². The minimum Gasteiger partial charge on any atom is -0.357 e. The van der Waals surface area contributed by atoms with Gasteiger partial charge in [0.1, 0.15) is 0 Å². The van der Waals surface area contributed by atoms with E-state index >= 15 is 0 Å². The van der Waals surface area contributed by atoms with Crippen LogP contribution in [0.15, 0.2) is 12.1 Å². The van der Waals surface area contributed by atoms with Crippen molar-refractivity contribution >= 4 is 28.4 Å². The molecule has 5 heteroatoms. The quantitative estimate of drug-likeness (QED) is 0.812. The number of nitrogens with one attached hydrogen (secondary N) is 2. The van der Waals surface area contributed by atoms with Crippen LogP contribution in [0.3, 0.4) is 0 Å². The number of H-pyrrole nitrogens is 1. The molecule has 0 saturated heterocycles. The summed E-state index contributed by atoms with van der Waals surface area (Å²) in [4.78, 5) is 15.1. The SMILES string of the molecule is CC.CCc1cc2[nH]c(CNC(=O)C3(C)CC3)cc2c(F)c1Cl. The maximum absolute atomic E-state index is 14.2. The Bertz CT molecular complexity index is 719. The van der Waals surface area contributed by atoms with E-state index in [-0.39, 0.29) is 16.3 Å². The van der Waals surface area contributed by atoms with Gasteiger partial charge >= 0.3 is 0 Å². The van der Waals surface area contributed by atoms with E-state index in [9.17, 15) is 9.18 Å². The summed E-state index contributed by atoms with van der Waals surface area (Å²) in [7, 11) is 0. The highest BCUT2D eigenvalue weighted by Crippen LogP contribution is 2.45. The lowest BCUT2D eigenvalue weighted by atomic mass is 10.1. The molecular weight excluding hydrogens is 315 g/mol. The van der Waals surface area contributed by atoms with Crippen molar-refractivity contribution in [3.63, 3.8) is 0 Å². The third kappa shape index (κ3) is 3.52. The summed E-state index contributed by atoms with van der Waals surface area (Å²) in [5.74, 6) is -0.331. The average molecular weight is 339 g/mol. The normalized spacial score (nSPS) is 15.0. The van der Waals surface area contributed by atoms with Crippen molar-refractivity contribution < 1.29 is 9.18 Å². The molecule has 0 atom stereocenters. The van der Waals surface area contributed by atoms with Gasteiger partial charge in [0.2, 0.25) is 5.91 Å². The number of aromatic nitrogens is 1. The van der Waals surface area contributed by atoms with Crippen molar-refractivity contribution in [1.29, 1.82) is 0 Å². The lowest BCUT2D eigenvalue weighted by Gasteiger charge is -2.08. The van der Waals surface area contributed by atoms with Gasteiger partial charge in [0, 0.05) is 22.0 Å². The van der Waals surface area contributed by atoms with Crippen LogP contribution in [0, 0.1) is 11.2 Å². The molecule has 2 N–H and O–H groups in total. The molecule has 1 fully saturated rings. The van der Waals surface area contributed by atoms with Crippen molar-refractivity contribution in [3.05, 3.63) is 34.2 Å². The van der Waals surface area contributed by atoms with E-state index in [2.05, 4.69) is 10.3 Å². The maximum Gasteiger partial charge on any atom is 0.226 e. The molecule has 3 rings (SSSR count). The number of rotatable bonds is 4. The molecule has 1 aromatic carbocycles. The average Bonchev–Trinajstić information content (AvgIpc) is 3.18. The van der Waals surface area contributed by atoms with E-state index in [4.69, 9.17) is 11.6 Å². The highest BCUT2D eigenvalue weighted by molar-refractivity contribution is 6.32. The monoisotopic (exact) mass is 338 g/mol. The predicted molar refractivity (Wildman–Crippen MR) is 93.2 cm³/mol. The fraction of sp³-hybridized carbons (Fsp3) is 0.500. The fourth-order valence-electron chi connectivity index (χ4n) is 2.48. The van der Waals surface area contributed by atoms with Gasteiger partial charge in [-0.05, 0) is 37.0 Å². The molecule has 126 valence electrons. The van der Waals surface area contributed by atoms with Gasteiger partial charge in [-0.15, -0.1) is 0 Å². The largest absolute Gasteiger partial charge is 0.357 e. The zero-order valence-corrected chi connectivity index (χ0v) is 14.9. The van der Waals surface area contributed by atoms with Gasteiger partial charge in [-0.2, -0.15) is 0 Å². The number of halogens is 2. The number of hydrogen-bond acceptors (Lipinski definition) is 1. The third-order valence-electron chi connectivity index (χ3n) is 4.30. The molecular formula is C18H24ClFN2O. The first-order valence-corrected chi connectivity index (χ1v) is 8.59. The van der Waals surface area contributed by atoms with Crippen LogP contribution < -0.4 is 5.32 Å². The van der Waals surface area contributed by atoms with Crippen LogP contribution >= 0.6 is 11.6 Å². The Morgan fingerprint density at radius 3 is 2.61 bits per heavy atom. The second-order valence-electron chi connectivity index (χ2n) is 6.02. The Hall–Kier alpha value is -1.55. The smallest absolute Gasteiger partial charge is 0.226 e. The molecule has 1 heterocycles. The molecule has 1 saturated carbocycles. The minimum atomic E-state index is -0.394. The summed E-state index contributed by atoms with van der Waals surface area (Å²) >= 11 is 6.02. The van der Waals surface area contributed by atoms with E-state index in [1.807, 2.05) is 33.8 Å². The summed E-state index contributed by atoms with van der Waals surface area (Å²) in [6.07, 6.45) is 2.56. The van der Waals surface area contributed by atoms with Gasteiger partial charge in [-0.3, -0.25) is 4.79 Å². The number of benzene rings is 1. The molecule has 1 aliphatic rings. The summed E-state index contributed by atoms with van der Waals surface area (Å²) in [6.45, 7) is 8.27. The van der Waals surface area contributed by atoms with Crippen LogP contribution in [0.5, 0.6) is 0 Å². The first-order chi connectivity index (χ1) is 10.9. The minimum absolute atomic E-state index is 0.0638. The number of aryl methyl sites for hydroxylation is 1. The van der Waals surface area contributed by atoms with E-state index < -0.39 is 5.82 Å². The Balaban J connectivity index is 0.000000924. The predicted octanol–water partition coefficient (Wildman–Crippen LogP) is 4.97. The topological polar surface area (TPSA) is 44.9 Å². The Morgan fingerprint density at radius 1 is 1.39 bits per heavy atom. The first kappa shape index (κ1) is 17.8. The zero-order valence-electron chi connectivity index (χ0n) is 14.1. The van der Waals surface area contributed by atoms with Gasteiger partial charge in [-0.1, -0.05) is 39.3 Å². The van der Waals surface area contributed by atoms with Gasteiger partial charge in [0.05, 0.1) is 11.6 Å². The van der Waals surface area contributed by atoms with Crippen LogP contribution in [0.25, 0.3) is 10.9 Å². The number of carbonyl (C=O) groups excluding carboxylic acids is 1. The van der Waals surface area contributed by atoms with Crippen LogP contribution in [-0.4, -0.2) is 10.9 Å². The molecule has 23 heavy (non-hydrogen) atoms. The summed E-state index contributed by atoms with van der Waals surface area (Å²) in [6, 6.07) is 3.58. The second kappa shape index (κ2) is 6.91. The van der Waals surface area contributed by atoms with E-state index in [1.165, 1.54) is 0 Å². The first-order valence-electron chi connectivity index (χ1n) is 8.21. The summed E-state index contributed by atoms with van der Waals surface area (Å²) < 4.78 is 14.2. The molecule has 1 aromatic heterocycles. The third-order valence-corrected chi connectivity index (χ3v) is 4.71. The van der Waals surface area contributed by atoms with Crippen molar-refractivity contribution in [3.8, 4) is 0 Å². The highest BCUT2D eigenvalue weighted by Gasteiger charge is 2.44. The van der Waals surface area contributed by atoms with Gasteiger partial charge in [0.15, 0.2) is 5.82 Å². The second-order valence-corrected chi connectivity index (χ2v) is 6.39. The number of hydrogen-bond donors (Lipinski definition) is 2. The van der Waals surface area contributed by atoms with Crippen LogP contribution in [-0.2, 0) is 17.8 Å². The van der Waals surface area contributed by atoms with Gasteiger partial charge in [-0.25, -0.2) is 4.39 Å². The lowest BCUT2D eigenvalue weighted by Crippen LogP contribution is -2.29. The fourth-order valence-corrected chi connectivity index (χ4v) is 2.77. The molecule has 0 bridgehead atoms. The molecule has 1 amide bonds. The number of fused-ring (bicyclic) bond motifs is 1. The standard InChI is InChI=1S/C16H18ClFN2O.C2H6/c1-3-9-6-12-11(14(18)13(9)17)7-10(20-12)8-19-15(21)16(2)4-5-16;1-2/h6-7,20H,3-5,8H2,1-2H3,(H,19,21);1-2H3. The zero-order chi connectivity index (χ0) is 17.2. The van der Waals surface area contributed by atoms with E-state index in [1.54, 1.807) is 6.07 Å². The lowest BCUT2D eigenvalue weighted by molar-refractivity contribution is -0.125. The molecule has 0 aliphatic heterocycles. The highest BCUT2D eigenvalue weighted by atomic mass is 35.5. The molecule has 0 radical (unpaired) electrons. The van der Waals surface area contributed by atoms with Crippen molar-refractivity contribution in [1.82, 2.24) is 10.3 Å². The molecule has 2 aromatic rings. The van der Waals surface area contributed by atoms with Crippen LogP contribution in [0.1, 0.15) is 51.8 Å². The van der Waals surface area contributed by atoms with Gasteiger partial charge < -0.3 is 10.3 Å².